The molecular formula is C29H25N3O4. The van der Waals surface area contributed by atoms with Crippen LogP contribution in [-0.4, -0.2) is 38.4 Å². The standard InChI is InChI=1S/C29H25N3O4/c33-20-12-13-25(26(34)15-20)32-16-22-21(29(32)35)4-3-7-27(22)36-17-19-10-8-18(9-11-19)14-28-30-23-5-1-2-6-24(23)31-28/h1-11,25H,12-17H2,(H,30,31). The van der Waals surface area contributed by atoms with Crippen molar-refractivity contribution in [1.82, 2.24) is 14.9 Å². The maximum Gasteiger partial charge on any atom is 0.255 e. The van der Waals surface area contributed by atoms with Crippen LogP contribution in [0.4, 0.5) is 0 Å². The zero-order valence-corrected chi connectivity index (χ0v) is 19.7. The average molecular weight is 480 g/mol. The van der Waals surface area contributed by atoms with E-state index in [0.717, 1.165) is 33.5 Å². The van der Waals surface area contributed by atoms with Gasteiger partial charge in [0.15, 0.2) is 5.78 Å². The first-order chi connectivity index (χ1) is 17.5. The molecule has 1 aliphatic carbocycles. The van der Waals surface area contributed by atoms with E-state index < -0.39 is 6.04 Å². The lowest BCUT2D eigenvalue weighted by Gasteiger charge is -2.29. The summed E-state index contributed by atoms with van der Waals surface area (Å²) in [4.78, 5) is 46.6. The predicted molar refractivity (Wildman–Crippen MR) is 134 cm³/mol. The fourth-order valence-corrected chi connectivity index (χ4v) is 5.10. The van der Waals surface area contributed by atoms with Crippen LogP contribution in [0, 0.1) is 0 Å². The van der Waals surface area contributed by atoms with Crippen LogP contribution >= 0.6 is 0 Å². The van der Waals surface area contributed by atoms with Crippen LogP contribution < -0.4 is 4.74 Å². The number of ketones is 2. The Morgan fingerprint density at radius 3 is 2.56 bits per heavy atom. The van der Waals surface area contributed by atoms with Gasteiger partial charge in [0.1, 0.15) is 24.0 Å². The van der Waals surface area contributed by atoms with Gasteiger partial charge in [0.2, 0.25) is 0 Å². The van der Waals surface area contributed by atoms with Crippen molar-refractivity contribution in [3.05, 3.63) is 94.8 Å². The molecule has 7 nitrogen and oxygen atoms in total. The number of nitrogens with zero attached hydrogens (tertiary/aromatic N) is 2. The minimum Gasteiger partial charge on any atom is -0.489 e. The highest BCUT2D eigenvalue weighted by molar-refractivity contribution is 6.07. The summed E-state index contributed by atoms with van der Waals surface area (Å²) in [7, 11) is 0. The Hall–Kier alpha value is -4.26. The number of benzene rings is 3. The van der Waals surface area contributed by atoms with E-state index >= 15 is 0 Å². The van der Waals surface area contributed by atoms with E-state index in [1.807, 2.05) is 42.5 Å². The zero-order valence-electron chi connectivity index (χ0n) is 19.7. The smallest absolute Gasteiger partial charge is 0.255 e. The van der Waals surface area contributed by atoms with Crippen molar-refractivity contribution in [3.63, 3.8) is 0 Å². The molecule has 1 N–H and O–H groups in total. The molecule has 7 heteroatoms. The summed E-state index contributed by atoms with van der Waals surface area (Å²) in [5, 5.41) is 0. The van der Waals surface area contributed by atoms with Crippen molar-refractivity contribution < 1.29 is 19.1 Å². The third kappa shape index (κ3) is 4.17. The number of carbonyl (C=O) groups is 3. The van der Waals surface area contributed by atoms with Gasteiger partial charge in [-0.15, -0.1) is 0 Å². The Balaban J connectivity index is 1.12. The Morgan fingerprint density at radius 1 is 0.944 bits per heavy atom. The maximum absolute atomic E-state index is 13.0. The highest BCUT2D eigenvalue weighted by Crippen LogP contribution is 2.34. The summed E-state index contributed by atoms with van der Waals surface area (Å²) < 4.78 is 6.12. The van der Waals surface area contributed by atoms with Crippen LogP contribution in [0.15, 0.2) is 66.7 Å². The van der Waals surface area contributed by atoms with Gasteiger partial charge in [-0.3, -0.25) is 14.4 Å². The lowest BCUT2D eigenvalue weighted by molar-refractivity contribution is -0.133. The molecule has 0 spiro atoms. The molecule has 2 heterocycles. The minimum absolute atomic E-state index is 0.0481. The number of rotatable bonds is 6. The second-order valence-electron chi connectivity index (χ2n) is 9.43. The van der Waals surface area contributed by atoms with Crippen LogP contribution in [-0.2, 0) is 29.2 Å². The summed E-state index contributed by atoms with van der Waals surface area (Å²) in [5.74, 6) is 1.19. The first kappa shape index (κ1) is 22.2. The van der Waals surface area contributed by atoms with E-state index in [1.165, 1.54) is 0 Å². The number of imidazole rings is 1. The normalized spacial score (nSPS) is 17.6. The number of fused-ring (bicyclic) bond motifs is 2. The molecule has 6 rings (SSSR count). The Bertz CT molecular complexity index is 1460. The maximum atomic E-state index is 13.0. The number of nitrogens with one attached hydrogen (secondary N) is 1. The van der Waals surface area contributed by atoms with Crippen molar-refractivity contribution in [2.24, 2.45) is 0 Å². The second kappa shape index (κ2) is 9.07. The number of hydrogen-bond acceptors (Lipinski definition) is 5. The number of para-hydroxylation sites is 2. The van der Waals surface area contributed by atoms with Crippen molar-refractivity contribution in [2.75, 3.05) is 0 Å². The monoisotopic (exact) mass is 479 g/mol. The molecule has 2 aliphatic rings. The van der Waals surface area contributed by atoms with Crippen molar-refractivity contribution in [3.8, 4) is 5.75 Å². The Morgan fingerprint density at radius 2 is 1.75 bits per heavy atom. The molecule has 1 fully saturated rings. The topological polar surface area (TPSA) is 92.4 Å². The molecule has 1 amide bonds. The molecule has 3 aromatic carbocycles. The number of amides is 1. The van der Waals surface area contributed by atoms with Crippen LogP contribution in [0.25, 0.3) is 11.0 Å². The Labute approximate surface area is 208 Å². The summed E-state index contributed by atoms with van der Waals surface area (Å²) in [6.45, 7) is 0.692. The molecule has 1 atom stereocenters. The first-order valence-electron chi connectivity index (χ1n) is 12.2. The van der Waals surface area contributed by atoms with E-state index in [4.69, 9.17) is 4.74 Å². The van der Waals surface area contributed by atoms with E-state index in [0.29, 0.717) is 43.7 Å². The van der Waals surface area contributed by atoms with Gasteiger partial charge in [0.25, 0.3) is 5.91 Å². The predicted octanol–water partition coefficient (Wildman–Crippen LogP) is 4.38. The molecule has 0 saturated heterocycles. The third-order valence-electron chi connectivity index (χ3n) is 7.00. The molecular weight excluding hydrogens is 454 g/mol. The van der Waals surface area contributed by atoms with Gasteiger partial charge in [-0.25, -0.2) is 4.98 Å². The molecule has 1 saturated carbocycles. The fourth-order valence-electron chi connectivity index (χ4n) is 5.10. The van der Waals surface area contributed by atoms with Crippen LogP contribution in [0.3, 0.4) is 0 Å². The van der Waals surface area contributed by atoms with Gasteiger partial charge in [-0.2, -0.15) is 0 Å². The molecule has 0 radical (unpaired) electrons. The lowest BCUT2D eigenvalue weighted by atomic mass is 9.92. The van der Waals surface area contributed by atoms with E-state index in [-0.39, 0.29) is 23.9 Å². The van der Waals surface area contributed by atoms with Gasteiger partial charge in [0, 0.05) is 24.0 Å². The summed E-state index contributed by atoms with van der Waals surface area (Å²) in [5.41, 5.74) is 5.53. The number of hydrogen-bond donors (Lipinski definition) is 1. The molecule has 180 valence electrons. The first-order valence-corrected chi connectivity index (χ1v) is 12.2. The van der Waals surface area contributed by atoms with Gasteiger partial charge in [-0.05, 0) is 41.8 Å². The minimum atomic E-state index is -0.533. The SMILES string of the molecule is O=C1CCC(N2Cc3c(OCc4ccc(Cc5nc6ccccc6[nH]5)cc4)cccc3C2=O)C(=O)C1. The fraction of sp³-hybridized carbons (Fsp3) is 0.241. The molecule has 36 heavy (non-hydrogen) atoms. The van der Waals surface area contributed by atoms with Gasteiger partial charge < -0.3 is 14.6 Å². The van der Waals surface area contributed by atoms with Crippen molar-refractivity contribution >= 4 is 28.5 Å². The van der Waals surface area contributed by atoms with Gasteiger partial charge >= 0.3 is 0 Å². The molecule has 4 aromatic rings. The van der Waals surface area contributed by atoms with Gasteiger partial charge in [-0.1, -0.05) is 42.5 Å². The summed E-state index contributed by atoms with van der Waals surface area (Å²) in [6, 6.07) is 21.1. The average Bonchev–Trinajstić information content (AvgIpc) is 3.44. The quantitative estimate of drug-likeness (QED) is 0.415. The van der Waals surface area contributed by atoms with Crippen LogP contribution in [0.5, 0.6) is 5.75 Å². The lowest BCUT2D eigenvalue weighted by Crippen LogP contribution is -2.44. The third-order valence-corrected chi connectivity index (χ3v) is 7.00. The van der Waals surface area contributed by atoms with Crippen LogP contribution in [0.2, 0.25) is 0 Å². The number of carbonyl (C=O) groups excluding carboxylic acids is 3. The van der Waals surface area contributed by atoms with Crippen molar-refractivity contribution in [2.45, 2.75) is 44.9 Å². The van der Waals surface area contributed by atoms with Crippen molar-refractivity contribution in [1.29, 1.82) is 0 Å². The molecule has 1 unspecified atom stereocenters. The van der Waals surface area contributed by atoms with Gasteiger partial charge in [0.05, 0.1) is 30.0 Å². The number of aromatic nitrogens is 2. The van der Waals surface area contributed by atoms with E-state index in [1.54, 1.807) is 17.0 Å². The molecule has 0 bridgehead atoms. The number of Topliss-reactive ketones (excluding diaryl/α,β-unsaturated/α-hetero) is 2. The number of ether oxygens (including phenoxy) is 1. The summed E-state index contributed by atoms with van der Waals surface area (Å²) in [6.07, 6.45) is 1.37. The Kier molecular flexibility index (Phi) is 5.60. The van der Waals surface area contributed by atoms with E-state index in [2.05, 4.69) is 22.1 Å². The molecule has 1 aromatic heterocycles. The largest absolute Gasteiger partial charge is 0.489 e. The van der Waals surface area contributed by atoms with E-state index in [9.17, 15) is 14.4 Å². The number of H-pyrrole nitrogens is 1. The zero-order chi connectivity index (χ0) is 24.6. The summed E-state index contributed by atoms with van der Waals surface area (Å²) >= 11 is 0. The van der Waals surface area contributed by atoms with Crippen LogP contribution in [0.1, 0.15) is 52.1 Å². The second-order valence-corrected chi connectivity index (χ2v) is 9.43. The highest BCUT2D eigenvalue weighted by atomic mass is 16.5. The highest BCUT2D eigenvalue weighted by Gasteiger charge is 2.39. The molecule has 1 aliphatic heterocycles. The number of aromatic amines is 1.